The molecule has 0 aliphatic heterocycles. The highest BCUT2D eigenvalue weighted by Gasteiger charge is 2.24. The summed E-state index contributed by atoms with van der Waals surface area (Å²) >= 11 is 0. The number of aromatic nitrogens is 2. The van der Waals surface area contributed by atoms with Gasteiger partial charge in [-0.3, -0.25) is 19.1 Å². The number of halogens is 1. The van der Waals surface area contributed by atoms with Crippen LogP contribution >= 0.6 is 0 Å². The first-order valence-electron chi connectivity index (χ1n) is 10.9. The fourth-order valence-electron chi connectivity index (χ4n) is 3.77. The van der Waals surface area contributed by atoms with Gasteiger partial charge in [-0.1, -0.05) is 12.1 Å². The van der Waals surface area contributed by atoms with Crippen molar-refractivity contribution < 1.29 is 23.8 Å². The summed E-state index contributed by atoms with van der Waals surface area (Å²) in [6.45, 7) is 0.413. The zero-order valence-electron chi connectivity index (χ0n) is 19.2. The SMILES string of the molecule is COCCNC(=O)c1c(O)c2ncc(Cc3ccc(F)cc3)cc2n(-c2ccc(OC)cc2)c1=O. The van der Waals surface area contributed by atoms with E-state index in [9.17, 15) is 19.1 Å². The van der Waals surface area contributed by atoms with Crippen LogP contribution < -0.4 is 15.6 Å². The van der Waals surface area contributed by atoms with E-state index in [1.807, 2.05) is 0 Å². The molecule has 0 saturated carbocycles. The number of pyridine rings is 2. The van der Waals surface area contributed by atoms with E-state index in [4.69, 9.17) is 9.47 Å². The summed E-state index contributed by atoms with van der Waals surface area (Å²) in [6, 6.07) is 14.5. The third-order valence-corrected chi connectivity index (χ3v) is 5.51. The Bertz CT molecular complexity index is 1420. The molecule has 35 heavy (non-hydrogen) atoms. The molecule has 0 saturated heterocycles. The van der Waals surface area contributed by atoms with E-state index in [0.29, 0.717) is 23.4 Å². The smallest absolute Gasteiger partial charge is 0.272 e. The second-order valence-corrected chi connectivity index (χ2v) is 7.83. The maximum Gasteiger partial charge on any atom is 0.272 e. The normalized spacial score (nSPS) is 10.9. The van der Waals surface area contributed by atoms with Gasteiger partial charge in [0.2, 0.25) is 0 Å². The van der Waals surface area contributed by atoms with Crippen LogP contribution in [0.4, 0.5) is 4.39 Å². The summed E-state index contributed by atoms with van der Waals surface area (Å²) in [7, 11) is 3.02. The lowest BCUT2D eigenvalue weighted by molar-refractivity contribution is 0.0933. The molecule has 0 atom stereocenters. The molecule has 0 aliphatic carbocycles. The molecule has 0 aliphatic rings. The van der Waals surface area contributed by atoms with Gasteiger partial charge in [0.1, 0.15) is 22.6 Å². The summed E-state index contributed by atoms with van der Waals surface area (Å²) in [6.07, 6.45) is 1.99. The quantitative estimate of drug-likeness (QED) is 0.378. The minimum Gasteiger partial charge on any atom is -0.505 e. The second-order valence-electron chi connectivity index (χ2n) is 7.83. The van der Waals surface area contributed by atoms with E-state index in [0.717, 1.165) is 11.1 Å². The fourth-order valence-corrected chi connectivity index (χ4v) is 3.77. The Kier molecular flexibility index (Phi) is 7.07. The van der Waals surface area contributed by atoms with Gasteiger partial charge in [-0.25, -0.2) is 4.39 Å². The van der Waals surface area contributed by atoms with Gasteiger partial charge < -0.3 is 19.9 Å². The Morgan fingerprint density at radius 2 is 1.80 bits per heavy atom. The molecule has 0 unspecified atom stereocenters. The van der Waals surface area contributed by atoms with Crippen LogP contribution in [0.1, 0.15) is 21.5 Å². The number of hydrogen-bond donors (Lipinski definition) is 2. The summed E-state index contributed by atoms with van der Waals surface area (Å²) < 4.78 is 24.8. The Morgan fingerprint density at radius 3 is 2.46 bits per heavy atom. The third-order valence-electron chi connectivity index (χ3n) is 5.51. The van der Waals surface area contributed by atoms with Crippen molar-refractivity contribution in [1.29, 1.82) is 0 Å². The van der Waals surface area contributed by atoms with E-state index >= 15 is 0 Å². The number of amides is 1. The van der Waals surface area contributed by atoms with Crippen LogP contribution in [0.5, 0.6) is 11.5 Å². The van der Waals surface area contributed by atoms with Crippen molar-refractivity contribution in [3.63, 3.8) is 0 Å². The van der Waals surface area contributed by atoms with Gasteiger partial charge in [0.25, 0.3) is 11.5 Å². The summed E-state index contributed by atoms with van der Waals surface area (Å²) in [5, 5.41) is 13.5. The van der Waals surface area contributed by atoms with Crippen molar-refractivity contribution in [2.45, 2.75) is 6.42 Å². The first-order chi connectivity index (χ1) is 16.9. The minimum absolute atomic E-state index is 0.0974. The number of nitrogens with one attached hydrogen (secondary N) is 1. The molecule has 0 bridgehead atoms. The van der Waals surface area contributed by atoms with Crippen molar-refractivity contribution in [2.75, 3.05) is 27.4 Å². The van der Waals surface area contributed by atoms with Gasteiger partial charge in [0, 0.05) is 25.5 Å². The van der Waals surface area contributed by atoms with E-state index in [1.165, 1.54) is 30.9 Å². The van der Waals surface area contributed by atoms with Gasteiger partial charge in [-0.05, 0) is 60.0 Å². The zero-order valence-corrected chi connectivity index (χ0v) is 19.2. The highest BCUT2D eigenvalue weighted by molar-refractivity contribution is 6.01. The van der Waals surface area contributed by atoms with Crippen molar-refractivity contribution in [3.05, 3.63) is 93.7 Å². The molecule has 1 amide bonds. The van der Waals surface area contributed by atoms with Crippen molar-refractivity contribution in [2.24, 2.45) is 0 Å². The molecule has 0 radical (unpaired) electrons. The molecule has 2 heterocycles. The van der Waals surface area contributed by atoms with Gasteiger partial charge in [0.15, 0.2) is 5.75 Å². The van der Waals surface area contributed by atoms with Gasteiger partial charge in [-0.2, -0.15) is 0 Å². The molecule has 0 spiro atoms. The molecule has 180 valence electrons. The highest BCUT2D eigenvalue weighted by atomic mass is 19.1. The lowest BCUT2D eigenvalue weighted by Gasteiger charge is -2.16. The number of benzene rings is 2. The molecule has 2 aromatic carbocycles. The number of rotatable bonds is 8. The number of methoxy groups -OCH3 is 2. The first kappa shape index (κ1) is 23.9. The van der Waals surface area contributed by atoms with Gasteiger partial charge in [-0.15, -0.1) is 0 Å². The average molecular weight is 477 g/mol. The Balaban J connectivity index is 1.89. The molecule has 2 aromatic heterocycles. The van der Waals surface area contributed by atoms with Gasteiger partial charge >= 0.3 is 0 Å². The number of carbonyl (C=O) groups excluding carboxylic acids is 1. The van der Waals surface area contributed by atoms with Crippen LogP contribution in [0.15, 0.2) is 65.6 Å². The minimum atomic E-state index is -0.731. The van der Waals surface area contributed by atoms with Crippen LogP contribution in [0, 0.1) is 5.82 Å². The van der Waals surface area contributed by atoms with E-state index in [2.05, 4.69) is 10.3 Å². The number of nitrogens with zero attached hydrogens (tertiary/aromatic N) is 2. The third kappa shape index (κ3) is 4.99. The Hall–Kier alpha value is -4.24. The van der Waals surface area contributed by atoms with Crippen molar-refractivity contribution in [3.8, 4) is 17.2 Å². The molecule has 0 fully saturated rings. The number of fused-ring (bicyclic) bond motifs is 1. The lowest BCUT2D eigenvalue weighted by Crippen LogP contribution is -2.34. The molecule has 9 heteroatoms. The van der Waals surface area contributed by atoms with Crippen LogP contribution in [0.3, 0.4) is 0 Å². The average Bonchev–Trinajstić information content (AvgIpc) is 2.86. The van der Waals surface area contributed by atoms with Crippen LogP contribution in [-0.4, -0.2) is 47.9 Å². The predicted molar refractivity (Wildman–Crippen MR) is 129 cm³/mol. The standard InChI is InChI=1S/C26H24FN3O5/c1-34-12-11-28-25(32)22-24(31)23-21(30(26(22)33)19-7-9-20(35-2)10-8-19)14-17(15-29-23)13-16-3-5-18(27)6-4-16/h3-10,14-15,31H,11-13H2,1-2H3,(H,28,32). The molecule has 2 N–H and O–H groups in total. The molecular weight excluding hydrogens is 453 g/mol. The maximum absolute atomic E-state index is 13.6. The van der Waals surface area contributed by atoms with Crippen LogP contribution in [-0.2, 0) is 11.2 Å². The first-order valence-corrected chi connectivity index (χ1v) is 10.9. The van der Waals surface area contributed by atoms with Crippen molar-refractivity contribution in [1.82, 2.24) is 14.9 Å². The zero-order chi connectivity index (χ0) is 24.9. The van der Waals surface area contributed by atoms with Crippen LogP contribution in [0.2, 0.25) is 0 Å². The maximum atomic E-state index is 13.6. The van der Waals surface area contributed by atoms with Gasteiger partial charge in [0.05, 0.1) is 19.2 Å². The highest BCUT2D eigenvalue weighted by Crippen LogP contribution is 2.28. The molecule has 4 rings (SSSR count). The topological polar surface area (TPSA) is 103 Å². The monoisotopic (exact) mass is 477 g/mol. The van der Waals surface area contributed by atoms with E-state index in [1.54, 1.807) is 48.7 Å². The van der Waals surface area contributed by atoms with E-state index in [-0.39, 0.29) is 24.5 Å². The number of ether oxygens (including phenoxy) is 2. The number of carbonyl (C=O) groups is 1. The van der Waals surface area contributed by atoms with Crippen LogP contribution in [0.25, 0.3) is 16.7 Å². The summed E-state index contributed by atoms with van der Waals surface area (Å²) in [5.74, 6) is -0.971. The number of hydrogen-bond acceptors (Lipinski definition) is 6. The largest absolute Gasteiger partial charge is 0.505 e. The van der Waals surface area contributed by atoms with Crippen molar-refractivity contribution >= 4 is 16.9 Å². The summed E-state index contributed by atoms with van der Waals surface area (Å²) in [5.41, 5.74) is 1.36. The lowest BCUT2D eigenvalue weighted by atomic mass is 10.0. The Morgan fingerprint density at radius 1 is 1.09 bits per heavy atom. The number of aromatic hydroxyl groups is 1. The molecule has 8 nitrogen and oxygen atoms in total. The Labute approximate surface area is 200 Å². The second kappa shape index (κ2) is 10.4. The summed E-state index contributed by atoms with van der Waals surface area (Å²) in [4.78, 5) is 30.7. The molecule has 4 aromatic rings. The van der Waals surface area contributed by atoms with E-state index < -0.39 is 22.8 Å². The fraction of sp³-hybridized carbons (Fsp3) is 0.192. The molecular formula is C26H24FN3O5. The predicted octanol–water partition coefficient (Wildman–Crippen LogP) is 3.21.